The van der Waals surface area contributed by atoms with E-state index < -0.39 is 43.4 Å². The molecule has 0 spiro atoms. The maximum absolute atomic E-state index is 12.4. The van der Waals surface area contributed by atoms with Crippen molar-refractivity contribution in [3.8, 4) is 0 Å². The van der Waals surface area contributed by atoms with Gasteiger partial charge in [-0.05, 0) is 12.8 Å². The van der Waals surface area contributed by atoms with Crippen LogP contribution in [0.25, 0.3) is 0 Å². The van der Waals surface area contributed by atoms with Gasteiger partial charge in [-0.3, -0.25) is 4.79 Å². The van der Waals surface area contributed by atoms with Crippen molar-refractivity contribution in [2.75, 3.05) is 26.4 Å². The van der Waals surface area contributed by atoms with Crippen LogP contribution in [0.4, 0.5) is 0 Å². The summed E-state index contributed by atoms with van der Waals surface area (Å²) in [6.07, 6.45) is 14.7. The van der Waals surface area contributed by atoms with Gasteiger partial charge in [-0.25, -0.2) is 0 Å². The van der Waals surface area contributed by atoms with E-state index in [0.717, 1.165) is 32.1 Å². The minimum absolute atomic E-state index is 0.000941. The first-order chi connectivity index (χ1) is 19.4. The quantitative estimate of drug-likeness (QED) is 0.0959. The largest absolute Gasteiger partial charge is 0.394 e. The van der Waals surface area contributed by atoms with Crippen molar-refractivity contribution in [1.82, 2.24) is 5.32 Å². The molecule has 5 N–H and O–H groups in total. The number of carbonyl (C=O) groups is 1. The summed E-state index contributed by atoms with van der Waals surface area (Å²) in [4.78, 5) is 12.4. The van der Waals surface area contributed by atoms with E-state index in [9.17, 15) is 25.2 Å². The summed E-state index contributed by atoms with van der Waals surface area (Å²) < 4.78 is 16.9. The highest BCUT2D eigenvalue weighted by Gasteiger charge is 2.44. The predicted octanol–water partition coefficient (Wildman–Crippen LogP) is 4.37. The first-order valence-electron chi connectivity index (χ1n) is 16.2. The molecule has 40 heavy (non-hydrogen) atoms. The number of unbranched alkanes of at least 4 members (excludes halogenated alkanes) is 15. The van der Waals surface area contributed by atoms with Crippen molar-refractivity contribution in [2.24, 2.45) is 0 Å². The van der Waals surface area contributed by atoms with Gasteiger partial charge < -0.3 is 40.0 Å². The Balaban J connectivity index is 2.25. The average molecular weight is 576 g/mol. The van der Waals surface area contributed by atoms with Crippen LogP contribution in [-0.2, 0) is 19.0 Å². The molecule has 6 atom stereocenters. The lowest BCUT2D eigenvalue weighted by Crippen LogP contribution is -2.59. The molecule has 1 aliphatic rings. The number of carbonyl (C=O) groups excluding carboxylic acids is 1. The summed E-state index contributed by atoms with van der Waals surface area (Å²) >= 11 is 0. The molecule has 9 nitrogen and oxygen atoms in total. The van der Waals surface area contributed by atoms with Gasteiger partial charge in [-0.2, -0.15) is 0 Å². The van der Waals surface area contributed by atoms with E-state index in [1.807, 2.05) is 0 Å². The standard InChI is InChI=1S/C31H61NO8/c1-3-5-7-8-9-10-11-12-13-14-15-16-17-19-21-38-23-25(32-27(34)20-18-6-4-2)24-39-31-30(37)29(36)28(35)26(22-33)40-31/h25-26,28-31,33,35-37H,3-24H2,1-2H3,(H,32,34)/t25-,26-,28+,29+,30-,31-/m1/s1. The third kappa shape index (κ3) is 17.2. The SMILES string of the molecule is CCCCCCCCCCCCCCCCOC[C@H](CO[C@@H]1O[C@H](CO)[C@H](O)[C@H](O)[C@H]1O)NC(=O)CCCCC. The van der Waals surface area contributed by atoms with Crippen molar-refractivity contribution in [2.45, 2.75) is 166 Å². The Hall–Kier alpha value is -0.810. The second-order valence-corrected chi connectivity index (χ2v) is 11.4. The molecule has 1 amide bonds. The molecular weight excluding hydrogens is 514 g/mol. The zero-order valence-electron chi connectivity index (χ0n) is 25.4. The van der Waals surface area contributed by atoms with Crippen LogP contribution in [0.15, 0.2) is 0 Å². The molecule has 0 bridgehead atoms. The van der Waals surface area contributed by atoms with Gasteiger partial charge in [0.2, 0.25) is 5.91 Å². The Morgan fingerprint density at radius 2 is 1.25 bits per heavy atom. The summed E-state index contributed by atoms with van der Waals surface area (Å²) in [5.41, 5.74) is 0. The molecule has 0 aromatic rings. The first kappa shape index (κ1) is 37.2. The Morgan fingerprint density at radius 3 is 1.80 bits per heavy atom. The van der Waals surface area contributed by atoms with E-state index in [1.54, 1.807) is 0 Å². The van der Waals surface area contributed by atoms with Crippen LogP contribution < -0.4 is 5.32 Å². The Labute approximate surface area is 243 Å². The number of aliphatic hydroxyl groups excluding tert-OH is 4. The number of aliphatic hydroxyl groups is 4. The van der Waals surface area contributed by atoms with Crippen LogP contribution in [0.1, 0.15) is 129 Å². The molecule has 9 heteroatoms. The topological polar surface area (TPSA) is 138 Å². The van der Waals surface area contributed by atoms with E-state index in [0.29, 0.717) is 13.0 Å². The van der Waals surface area contributed by atoms with Crippen LogP contribution in [0.5, 0.6) is 0 Å². The zero-order valence-corrected chi connectivity index (χ0v) is 25.4. The van der Waals surface area contributed by atoms with E-state index >= 15 is 0 Å². The van der Waals surface area contributed by atoms with Crippen LogP contribution in [0.2, 0.25) is 0 Å². The molecule has 0 aliphatic carbocycles. The van der Waals surface area contributed by atoms with Crippen molar-refractivity contribution >= 4 is 5.91 Å². The number of hydrogen-bond donors (Lipinski definition) is 5. The Morgan fingerprint density at radius 1 is 0.725 bits per heavy atom. The highest BCUT2D eigenvalue weighted by Crippen LogP contribution is 2.22. The number of ether oxygens (including phenoxy) is 3. The number of rotatable bonds is 26. The molecule has 0 saturated carbocycles. The van der Waals surface area contributed by atoms with Crippen LogP contribution in [0, 0.1) is 0 Å². The number of amides is 1. The third-order valence-electron chi connectivity index (χ3n) is 7.64. The van der Waals surface area contributed by atoms with Gasteiger partial charge in [0, 0.05) is 13.0 Å². The molecule has 0 radical (unpaired) electrons. The molecule has 238 valence electrons. The number of hydrogen-bond acceptors (Lipinski definition) is 8. The van der Waals surface area contributed by atoms with Crippen molar-refractivity contribution in [3.05, 3.63) is 0 Å². The van der Waals surface area contributed by atoms with Crippen molar-refractivity contribution in [3.63, 3.8) is 0 Å². The van der Waals surface area contributed by atoms with Crippen LogP contribution >= 0.6 is 0 Å². The molecule has 0 unspecified atom stereocenters. The van der Waals surface area contributed by atoms with Gasteiger partial charge >= 0.3 is 0 Å². The highest BCUT2D eigenvalue weighted by molar-refractivity contribution is 5.76. The minimum Gasteiger partial charge on any atom is -0.394 e. The van der Waals surface area contributed by atoms with E-state index in [1.165, 1.54) is 77.0 Å². The summed E-state index contributed by atoms with van der Waals surface area (Å²) in [5, 5.41) is 42.5. The van der Waals surface area contributed by atoms with Gasteiger partial charge in [0.1, 0.15) is 24.4 Å². The lowest BCUT2D eigenvalue weighted by Gasteiger charge is -2.40. The summed E-state index contributed by atoms with van der Waals surface area (Å²) in [6.45, 7) is 4.68. The van der Waals surface area contributed by atoms with Gasteiger partial charge in [0.05, 0.1) is 25.9 Å². The van der Waals surface area contributed by atoms with Gasteiger partial charge in [-0.15, -0.1) is 0 Å². The Bertz CT molecular complexity index is 594. The van der Waals surface area contributed by atoms with Gasteiger partial charge in [0.15, 0.2) is 6.29 Å². The lowest BCUT2D eigenvalue weighted by molar-refractivity contribution is -0.302. The molecule has 1 aliphatic heterocycles. The second kappa shape index (κ2) is 24.8. The van der Waals surface area contributed by atoms with Gasteiger partial charge in [0.25, 0.3) is 0 Å². The van der Waals surface area contributed by atoms with E-state index in [-0.39, 0.29) is 19.1 Å². The molecule has 0 aromatic heterocycles. The van der Waals surface area contributed by atoms with Crippen LogP contribution in [0.3, 0.4) is 0 Å². The fraction of sp³-hybridized carbons (Fsp3) is 0.968. The van der Waals surface area contributed by atoms with E-state index in [2.05, 4.69) is 19.2 Å². The number of nitrogens with one attached hydrogen (secondary N) is 1. The third-order valence-corrected chi connectivity index (χ3v) is 7.64. The zero-order chi connectivity index (χ0) is 29.4. The maximum atomic E-state index is 12.4. The minimum atomic E-state index is -1.51. The summed E-state index contributed by atoms with van der Waals surface area (Å²) in [7, 11) is 0. The molecule has 1 rings (SSSR count). The monoisotopic (exact) mass is 575 g/mol. The molecule has 1 fully saturated rings. The lowest BCUT2D eigenvalue weighted by atomic mass is 9.99. The second-order valence-electron chi connectivity index (χ2n) is 11.4. The fourth-order valence-corrected chi connectivity index (χ4v) is 5.01. The Kier molecular flexibility index (Phi) is 23.0. The highest BCUT2D eigenvalue weighted by atomic mass is 16.7. The molecule has 0 aromatic carbocycles. The fourth-order valence-electron chi connectivity index (χ4n) is 5.01. The average Bonchev–Trinajstić information content (AvgIpc) is 2.95. The van der Waals surface area contributed by atoms with Crippen molar-refractivity contribution in [1.29, 1.82) is 0 Å². The molecule has 1 saturated heterocycles. The van der Waals surface area contributed by atoms with Gasteiger partial charge in [-0.1, -0.05) is 110 Å². The maximum Gasteiger partial charge on any atom is 0.220 e. The smallest absolute Gasteiger partial charge is 0.220 e. The van der Waals surface area contributed by atoms with Crippen LogP contribution in [-0.4, -0.2) is 89.5 Å². The first-order valence-corrected chi connectivity index (χ1v) is 16.2. The van der Waals surface area contributed by atoms with E-state index in [4.69, 9.17) is 14.2 Å². The van der Waals surface area contributed by atoms with Crippen molar-refractivity contribution < 1.29 is 39.4 Å². The normalized spacial score (nSPS) is 23.8. The predicted molar refractivity (Wildman–Crippen MR) is 157 cm³/mol. The summed E-state index contributed by atoms with van der Waals surface area (Å²) in [5.74, 6) is -0.0871. The summed E-state index contributed by atoms with van der Waals surface area (Å²) in [6, 6.07) is -0.451. The molecular formula is C31H61NO8. The molecule has 1 heterocycles.